The lowest BCUT2D eigenvalue weighted by atomic mass is 10.1. The normalized spacial score (nSPS) is 20.8. The Morgan fingerprint density at radius 3 is 2.94 bits per heavy atom. The summed E-state index contributed by atoms with van der Waals surface area (Å²) in [6, 6.07) is 0. The summed E-state index contributed by atoms with van der Waals surface area (Å²) in [5.74, 6) is 0. The molecule has 1 aliphatic rings. The molecule has 0 aromatic carbocycles. The monoisotopic (exact) mass is 257 g/mol. The van der Waals surface area contributed by atoms with E-state index in [-0.39, 0.29) is 0 Å². The van der Waals surface area contributed by atoms with Crippen molar-refractivity contribution in [2.45, 2.75) is 38.8 Å². The number of nitrogens with one attached hydrogen (secondary N) is 1. The molecule has 0 radical (unpaired) electrons. The Balaban J connectivity index is 1.81. The third-order valence-corrected chi connectivity index (χ3v) is 3.69. The van der Waals surface area contributed by atoms with Crippen molar-refractivity contribution in [1.82, 2.24) is 15.1 Å². The van der Waals surface area contributed by atoms with Gasteiger partial charge in [-0.3, -0.25) is 4.68 Å². The van der Waals surface area contributed by atoms with Crippen LogP contribution in [0.5, 0.6) is 0 Å². The van der Waals surface area contributed by atoms with Crippen molar-refractivity contribution in [2.75, 3.05) is 13.2 Å². The van der Waals surface area contributed by atoms with Gasteiger partial charge in [0.2, 0.25) is 0 Å². The highest BCUT2D eigenvalue weighted by molar-refractivity contribution is 6.30. The predicted octanol–water partition coefficient (Wildman–Crippen LogP) is 2.04. The van der Waals surface area contributed by atoms with Crippen LogP contribution in [0, 0.1) is 6.92 Å². The standard InChI is InChI=1S/C12H20ClN3O/c1-9-11(12(13)16(2)15-9)8-14-7-10-5-3-4-6-17-10/h10,14H,3-8H2,1-2H3. The van der Waals surface area contributed by atoms with Crippen LogP contribution in [0.25, 0.3) is 0 Å². The van der Waals surface area contributed by atoms with Crippen LogP contribution < -0.4 is 5.32 Å². The Morgan fingerprint density at radius 1 is 1.53 bits per heavy atom. The van der Waals surface area contributed by atoms with Crippen LogP contribution in [0.2, 0.25) is 5.15 Å². The Hall–Kier alpha value is -0.580. The predicted molar refractivity (Wildman–Crippen MR) is 68.3 cm³/mol. The minimum absolute atomic E-state index is 0.361. The maximum atomic E-state index is 6.16. The quantitative estimate of drug-likeness (QED) is 0.897. The summed E-state index contributed by atoms with van der Waals surface area (Å²) in [6.45, 7) is 4.54. The van der Waals surface area contributed by atoms with Gasteiger partial charge in [-0.05, 0) is 26.2 Å². The molecule has 0 aliphatic carbocycles. The third kappa shape index (κ3) is 3.21. The van der Waals surface area contributed by atoms with E-state index < -0.39 is 0 Å². The van der Waals surface area contributed by atoms with Crippen LogP contribution in [0.15, 0.2) is 0 Å². The smallest absolute Gasteiger partial charge is 0.131 e. The van der Waals surface area contributed by atoms with Gasteiger partial charge in [0.1, 0.15) is 5.15 Å². The van der Waals surface area contributed by atoms with Crippen molar-refractivity contribution in [1.29, 1.82) is 0 Å². The van der Waals surface area contributed by atoms with Gasteiger partial charge in [-0.1, -0.05) is 11.6 Å². The number of hydrogen-bond acceptors (Lipinski definition) is 3. The van der Waals surface area contributed by atoms with Gasteiger partial charge in [0, 0.05) is 32.3 Å². The minimum atomic E-state index is 0.361. The van der Waals surface area contributed by atoms with Crippen LogP contribution in [0.1, 0.15) is 30.5 Å². The van der Waals surface area contributed by atoms with E-state index in [0.717, 1.165) is 42.5 Å². The summed E-state index contributed by atoms with van der Waals surface area (Å²) in [4.78, 5) is 0. The van der Waals surface area contributed by atoms with Crippen LogP contribution in [-0.2, 0) is 18.3 Å². The minimum Gasteiger partial charge on any atom is -0.377 e. The molecular weight excluding hydrogens is 238 g/mol. The maximum Gasteiger partial charge on any atom is 0.131 e. The molecule has 0 bridgehead atoms. The van der Waals surface area contributed by atoms with Gasteiger partial charge < -0.3 is 10.1 Å². The van der Waals surface area contributed by atoms with Crippen molar-refractivity contribution in [3.05, 3.63) is 16.4 Å². The van der Waals surface area contributed by atoms with Gasteiger partial charge in [-0.2, -0.15) is 5.10 Å². The number of ether oxygens (including phenoxy) is 1. The zero-order valence-electron chi connectivity index (χ0n) is 10.5. The van der Waals surface area contributed by atoms with Crippen molar-refractivity contribution in [2.24, 2.45) is 7.05 Å². The van der Waals surface area contributed by atoms with E-state index in [0.29, 0.717) is 6.10 Å². The summed E-state index contributed by atoms with van der Waals surface area (Å²) in [5.41, 5.74) is 2.08. The van der Waals surface area contributed by atoms with E-state index in [2.05, 4.69) is 10.4 Å². The van der Waals surface area contributed by atoms with Crippen molar-refractivity contribution < 1.29 is 4.74 Å². The molecule has 1 unspecified atom stereocenters. The molecule has 96 valence electrons. The fourth-order valence-corrected chi connectivity index (χ4v) is 2.44. The molecule has 1 aromatic rings. The average Bonchev–Trinajstić information content (AvgIpc) is 2.57. The highest BCUT2D eigenvalue weighted by atomic mass is 35.5. The topological polar surface area (TPSA) is 39.1 Å². The molecule has 1 atom stereocenters. The molecule has 1 aliphatic heterocycles. The maximum absolute atomic E-state index is 6.16. The summed E-state index contributed by atoms with van der Waals surface area (Å²) in [6.07, 6.45) is 4.00. The van der Waals surface area contributed by atoms with Gasteiger partial charge in [0.15, 0.2) is 0 Å². The SMILES string of the molecule is Cc1nn(C)c(Cl)c1CNCC1CCCCO1. The first-order valence-electron chi connectivity index (χ1n) is 6.18. The van der Waals surface area contributed by atoms with E-state index in [1.165, 1.54) is 12.8 Å². The Kier molecular flexibility index (Phi) is 4.42. The fraction of sp³-hybridized carbons (Fsp3) is 0.750. The van der Waals surface area contributed by atoms with Gasteiger partial charge >= 0.3 is 0 Å². The van der Waals surface area contributed by atoms with E-state index in [9.17, 15) is 0 Å². The summed E-state index contributed by atoms with van der Waals surface area (Å²) in [7, 11) is 1.86. The number of rotatable bonds is 4. The molecular formula is C12H20ClN3O. The first-order chi connectivity index (χ1) is 8.18. The lowest BCUT2D eigenvalue weighted by molar-refractivity contribution is 0.0168. The zero-order chi connectivity index (χ0) is 12.3. The zero-order valence-corrected chi connectivity index (χ0v) is 11.3. The Labute approximate surface area is 107 Å². The van der Waals surface area contributed by atoms with Crippen LogP contribution in [0.4, 0.5) is 0 Å². The molecule has 4 nitrogen and oxygen atoms in total. The lowest BCUT2D eigenvalue weighted by Gasteiger charge is -2.22. The third-order valence-electron chi connectivity index (χ3n) is 3.22. The van der Waals surface area contributed by atoms with Crippen molar-refractivity contribution in [3.63, 3.8) is 0 Å². The molecule has 2 heterocycles. The van der Waals surface area contributed by atoms with E-state index >= 15 is 0 Å². The number of nitrogens with zero attached hydrogens (tertiary/aromatic N) is 2. The van der Waals surface area contributed by atoms with Gasteiger partial charge in [-0.15, -0.1) is 0 Å². The largest absolute Gasteiger partial charge is 0.377 e. The van der Waals surface area contributed by atoms with Gasteiger partial charge in [-0.25, -0.2) is 0 Å². The van der Waals surface area contributed by atoms with E-state index in [1.807, 2.05) is 14.0 Å². The molecule has 0 amide bonds. The fourth-order valence-electron chi connectivity index (χ4n) is 2.20. The van der Waals surface area contributed by atoms with Gasteiger partial charge in [0.25, 0.3) is 0 Å². The second-order valence-electron chi connectivity index (χ2n) is 4.60. The second-order valence-corrected chi connectivity index (χ2v) is 4.96. The Bertz CT molecular complexity index is 372. The Morgan fingerprint density at radius 2 is 2.35 bits per heavy atom. The number of aryl methyl sites for hydroxylation is 2. The molecule has 0 saturated carbocycles. The number of hydrogen-bond donors (Lipinski definition) is 1. The first-order valence-corrected chi connectivity index (χ1v) is 6.56. The van der Waals surface area contributed by atoms with Crippen molar-refractivity contribution in [3.8, 4) is 0 Å². The molecule has 1 aromatic heterocycles. The highest BCUT2D eigenvalue weighted by Crippen LogP contribution is 2.18. The molecule has 1 N–H and O–H groups in total. The second kappa shape index (κ2) is 5.85. The average molecular weight is 258 g/mol. The number of aromatic nitrogens is 2. The highest BCUT2D eigenvalue weighted by Gasteiger charge is 2.15. The summed E-state index contributed by atoms with van der Waals surface area (Å²) < 4.78 is 7.38. The summed E-state index contributed by atoms with van der Waals surface area (Å²) >= 11 is 6.16. The van der Waals surface area contributed by atoms with Crippen LogP contribution in [0.3, 0.4) is 0 Å². The van der Waals surface area contributed by atoms with Crippen LogP contribution in [-0.4, -0.2) is 29.0 Å². The van der Waals surface area contributed by atoms with Gasteiger partial charge in [0.05, 0.1) is 11.8 Å². The van der Waals surface area contributed by atoms with E-state index in [4.69, 9.17) is 16.3 Å². The molecule has 0 spiro atoms. The molecule has 17 heavy (non-hydrogen) atoms. The molecule has 1 fully saturated rings. The van der Waals surface area contributed by atoms with E-state index in [1.54, 1.807) is 4.68 Å². The van der Waals surface area contributed by atoms with Crippen molar-refractivity contribution >= 4 is 11.6 Å². The molecule has 1 saturated heterocycles. The number of halogens is 1. The first kappa shape index (κ1) is 12.9. The summed E-state index contributed by atoms with van der Waals surface area (Å²) in [5, 5.41) is 8.41. The van der Waals surface area contributed by atoms with Crippen LogP contribution >= 0.6 is 11.6 Å². The molecule has 5 heteroatoms. The lowest BCUT2D eigenvalue weighted by Crippen LogP contribution is -2.31. The molecule has 2 rings (SSSR count).